The number of fused-ring (bicyclic) bond motifs is 1. The molecule has 0 spiro atoms. The van der Waals surface area contributed by atoms with Gasteiger partial charge in [0.25, 0.3) is 0 Å². The van der Waals surface area contributed by atoms with Gasteiger partial charge in [-0.1, -0.05) is 12.1 Å². The number of hydrogen-bond acceptors (Lipinski definition) is 4. The van der Waals surface area contributed by atoms with Crippen LogP contribution in [0, 0.1) is 5.82 Å². The summed E-state index contributed by atoms with van der Waals surface area (Å²) in [5.74, 6) is -0.330. The molecule has 2 aromatic heterocycles. The van der Waals surface area contributed by atoms with Crippen molar-refractivity contribution in [1.82, 2.24) is 14.6 Å². The van der Waals surface area contributed by atoms with Gasteiger partial charge in [-0.3, -0.25) is 0 Å². The molecule has 22 heavy (non-hydrogen) atoms. The molecule has 0 amide bonds. The molecule has 0 bridgehead atoms. The van der Waals surface area contributed by atoms with Crippen LogP contribution >= 0.6 is 0 Å². The molecule has 1 atom stereocenters. The first-order valence-electron chi connectivity index (χ1n) is 7.08. The van der Waals surface area contributed by atoms with E-state index < -0.39 is 0 Å². The van der Waals surface area contributed by atoms with Gasteiger partial charge in [0.2, 0.25) is 0 Å². The van der Waals surface area contributed by atoms with E-state index in [1.807, 2.05) is 12.3 Å². The molecule has 1 unspecified atom stereocenters. The number of nitrogens with zero attached hydrogens (tertiary/aromatic N) is 3. The van der Waals surface area contributed by atoms with Gasteiger partial charge >= 0.3 is 0 Å². The molecule has 3 aromatic rings. The average Bonchev–Trinajstić information content (AvgIpc) is 2.90. The van der Waals surface area contributed by atoms with E-state index >= 15 is 0 Å². The Hall–Kier alpha value is -2.31. The quantitative estimate of drug-likeness (QED) is 0.773. The first kappa shape index (κ1) is 14.6. The lowest BCUT2D eigenvalue weighted by molar-refractivity contribution is 0.299. The molecule has 3 N–H and O–H groups in total. The van der Waals surface area contributed by atoms with E-state index in [0.717, 1.165) is 11.1 Å². The second kappa shape index (κ2) is 5.82. The molecular formula is C16H17FN4O. The number of aromatic nitrogens is 3. The van der Waals surface area contributed by atoms with Gasteiger partial charge in [0.15, 0.2) is 5.65 Å². The van der Waals surface area contributed by atoms with Crippen LogP contribution in [0.1, 0.15) is 24.1 Å². The van der Waals surface area contributed by atoms with Crippen molar-refractivity contribution in [2.45, 2.75) is 19.4 Å². The topological polar surface area (TPSA) is 76.4 Å². The van der Waals surface area contributed by atoms with E-state index in [4.69, 9.17) is 10.8 Å². The molecule has 0 aliphatic carbocycles. The summed E-state index contributed by atoms with van der Waals surface area (Å²) in [6.45, 7) is 1.81. The third-order valence-corrected chi connectivity index (χ3v) is 3.61. The molecule has 3 rings (SSSR count). The lowest BCUT2D eigenvalue weighted by atomic mass is 10.0. The maximum atomic E-state index is 14.1. The fraction of sp³-hybridized carbons (Fsp3) is 0.250. The van der Waals surface area contributed by atoms with Crippen LogP contribution < -0.4 is 5.73 Å². The summed E-state index contributed by atoms with van der Waals surface area (Å²) < 4.78 is 15.7. The Morgan fingerprint density at radius 1 is 1.36 bits per heavy atom. The minimum absolute atomic E-state index is 0.0608. The number of aliphatic hydroxyl groups is 1. The van der Waals surface area contributed by atoms with Crippen molar-refractivity contribution in [2.75, 3.05) is 6.61 Å². The number of rotatable bonds is 4. The third kappa shape index (κ3) is 2.58. The molecule has 0 radical (unpaired) electrons. The lowest BCUT2D eigenvalue weighted by Gasteiger charge is -2.08. The summed E-state index contributed by atoms with van der Waals surface area (Å²) in [5.41, 5.74) is 9.22. The molecule has 0 aliphatic heterocycles. The molecule has 1 aromatic carbocycles. The summed E-state index contributed by atoms with van der Waals surface area (Å²) in [5, 5.41) is 13.2. The van der Waals surface area contributed by atoms with Gasteiger partial charge in [0, 0.05) is 36.2 Å². The van der Waals surface area contributed by atoms with E-state index in [1.165, 1.54) is 6.07 Å². The zero-order valence-corrected chi connectivity index (χ0v) is 12.2. The summed E-state index contributed by atoms with van der Waals surface area (Å²) in [6.07, 6.45) is 5.69. The fourth-order valence-corrected chi connectivity index (χ4v) is 2.44. The molecule has 114 valence electrons. The Morgan fingerprint density at radius 3 is 2.86 bits per heavy atom. The monoisotopic (exact) mass is 300 g/mol. The summed E-state index contributed by atoms with van der Waals surface area (Å²) in [7, 11) is 0. The molecule has 0 saturated heterocycles. The van der Waals surface area contributed by atoms with Crippen LogP contribution in [0.5, 0.6) is 0 Å². The predicted molar refractivity (Wildman–Crippen MR) is 81.8 cm³/mol. The lowest BCUT2D eigenvalue weighted by Crippen LogP contribution is -2.07. The first-order chi connectivity index (χ1) is 10.6. The fourth-order valence-electron chi connectivity index (χ4n) is 2.44. The highest BCUT2D eigenvalue weighted by molar-refractivity contribution is 5.77. The summed E-state index contributed by atoms with van der Waals surface area (Å²) in [6, 6.07) is 4.62. The largest absolute Gasteiger partial charge is 0.396 e. The van der Waals surface area contributed by atoms with Crippen LogP contribution in [0.25, 0.3) is 16.8 Å². The second-order valence-corrected chi connectivity index (χ2v) is 5.29. The van der Waals surface area contributed by atoms with Gasteiger partial charge < -0.3 is 10.8 Å². The van der Waals surface area contributed by atoms with Gasteiger partial charge in [-0.25, -0.2) is 13.9 Å². The molecule has 0 aliphatic rings. The number of benzene rings is 1. The first-order valence-corrected chi connectivity index (χ1v) is 7.08. The van der Waals surface area contributed by atoms with Gasteiger partial charge in [-0.2, -0.15) is 5.10 Å². The normalized spacial score (nSPS) is 12.7. The smallest absolute Gasteiger partial charge is 0.162 e. The average molecular weight is 300 g/mol. The Kier molecular flexibility index (Phi) is 3.87. The SMILES string of the molecule is CC(N)c1ccc(-c2cnn3cc(CCO)cnc23)cc1F. The minimum Gasteiger partial charge on any atom is -0.396 e. The maximum absolute atomic E-state index is 14.1. The van der Waals surface area contributed by atoms with Crippen LogP contribution in [0.3, 0.4) is 0 Å². The number of halogens is 1. The Labute approximate surface area is 127 Å². The van der Waals surface area contributed by atoms with E-state index in [1.54, 1.807) is 29.9 Å². The van der Waals surface area contributed by atoms with E-state index in [9.17, 15) is 4.39 Å². The zero-order valence-electron chi connectivity index (χ0n) is 12.2. The van der Waals surface area contributed by atoms with Crippen molar-refractivity contribution in [2.24, 2.45) is 5.73 Å². The Morgan fingerprint density at radius 2 is 2.18 bits per heavy atom. The van der Waals surface area contributed by atoms with Crippen molar-refractivity contribution in [1.29, 1.82) is 0 Å². The highest BCUT2D eigenvalue weighted by Crippen LogP contribution is 2.26. The van der Waals surface area contributed by atoms with Crippen molar-refractivity contribution in [3.05, 3.63) is 53.7 Å². The van der Waals surface area contributed by atoms with Crippen molar-refractivity contribution in [3.63, 3.8) is 0 Å². The Balaban J connectivity index is 2.05. The zero-order chi connectivity index (χ0) is 15.7. The van der Waals surface area contributed by atoms with E-state index in [2.05, 4.69) is 10.1 Å². The maximum Gasteiger partial charge on any atom is 0.162 e. The van der Waals surface area contributed by atoms with Gasteiger partial charge in [0.05, 0.1) is 6.20 Å². The van der Waals surface area contributed by atoms with Crippen LogP contribution in [-0.2, 0) is 6.42 Å². The molecule has 0 fully saturated rings. The summed E-state index contributed by atoms with van der Waals surface area (Å²) >= 11 is 0. The van der Waals surface area contributed by atoms with Gasteiger partial charge in [0.1, 0.15) is 5.82 Å². The van der Waals surface area contributed by atoms with Crippen molar-refractivity contribution >= 4 is 5.65 Å². The van der Waals surface area contributed by atoms with Crippen LogP contribution in [0.15, 0.2) is 36.8 Å². The third-order valence-electron chi connectivity index (χ3n) is 3.61. The minimum atomic E-state index is -0.350. The van der Waals surface area contributed by atoms with Gasteiger partial charge in [-0.15, -0.1) is 0 Å². The number of nitrogens with two attached hydrogens (primary N) is 1. The van der Waals surface area contributed by atoms with Crippen LogP contribution in [-0.4, -0.2) is 26.3 Å². The standard InChI is InChI=1S/C16H17FN4O/c1-10(18)13-3-2-12(6-15(13)17)14-8-20-21-9-11(4-5-22)7-19-16(14)21/h2-3,6-10,22H,4-5,18H2,1H3. The molecular weight excluding hydrogens is 283 g/mol. The molecule has 5 nitrogen and oxygen atoms in total. The summed E-state index contributed by atoms with van der Waals surface area (Å²) in [4.78, 5) is 4.37. The predicted octanol–water partition coefficient (Wildman–Crippen LogP) is 2.09. The highest BCUT2D eigenvalue weighted by atomic mass is 19.1. The van der Waals surface area contributed by atoms with E-state index in [0.29, 0.717) is 23.2 Å². The van der Waals surface area contributed by atoms with Gasteiger partial charge in [-0.05, 0) is 30.5 Å². The second-order valence-electron chi connectivity index (χ2n) is 5.29. The Bertz CT molecular complexity index is 813. The molecule has 6 heteroatoms. The number of hydrogen-bond donors (Lipinski definition) is 2. The number of aliphatic hydroxyl groups excluding tert-OH is 1. The van der Waals surface area contributed by atoms with Crippen LogP contribution in [0.4, 0.5) is 4.39 Å². The van der Waals surface area contributed by atoms with Crippen molar-refractivity contribution < 1.29 is 9.50 Å². The molecule has 0 saturated carbocycles. The van der Waals surface area contributed by atoms with Crippen molar-refractivity contribution in [3.8, 4) is 11.1 Å². The highest BCUT2D eigenvalue weighted by Gasteiger charge is 2.12. The van der Waals surface area contributed by atoms with Crippen LogP contribution in [0.2, 0.25) is 0 Å². The molecule has 2 heterocycles. The van der Waals surface area contributed by atoms with E-state index in [-0.39, 0.29) is 18.5 Å².